The Morgan fingerprint density at radius 1 is 1.29 bits per heavy atom. The fourth-order valence-electron chi connectivity index (χ4n) is 2.14. The predicted molar refractivity (Wildman–Crippen MR) is 83.6 cm³/mol. The van der Waals surface area contributed by atoms with Crippen LogP contribution in [-0.4, -0.2) is 16.5 Å². The van der Waals surface area contributed by atoms with Crippen molar-refractivity contribution >= 4 is 11.5 Å². The van der Waals surface area contributed by atoms with Crippen LogP contribution in [0.2, 0.25) is 0 Å². The van der Waals surface area contributed by atoms with Gasteiger partial charge in [0.1, 0.15) is 12.0 Å². The molecule has 0 atom stereocenters. The summed E-state index contributed by atoms with van der Waals surface area (Å²) in [4.78, 5) is 14.5. The van der Waals surface area contributed by atoms with Gasteiger partial charge in [-0.05, 0) is 18.6 Å². The van der Waals surface area contributed by atoms with Gasteiger partial charge in [0.15, 0.2) is 0 Å². The lowest BCUT2D eigenvalue weighted by Crippen LogP contribution is -2.27. The van der Waals surface area contributed by atoms with Gasteiger partial charge in [-0.2, -0.15) is 0 Å². The molecule has 0 saturated carbocycles. The van der Waals surface area contributed by atoms with Crippen molar-refractivity contribution in [3.05, 3.63) is 63.8 Å². The van der Waals surface area contributed by atoms with Gasteiger partial charge in [0.2, 0.25) is 0 Å². The molecule has 0 saturated heterocycles. The molecule has 1 heterocycles. The van der Waals surface area contributed by atoms with E-state index in [1.54, 1.807) is 13.0 Å². The van der Waals surface area contributed by atoms with Crippen molar-refractivity contribution in [3.63, 3.8) is 0 Å². The van der Waals surface area contributed by atoms with Crippen LogP contribution < -0.4 is 5.32 Å². The molecule has 0 bridgehead atoms. The number of rotatable bonds is 5. The Labute approximate surface area is 124 Å². The summed E-state index contributed by atoms with van der Waals surface area (Å²) in [5.41, 5.74) is 1.83. The van der Waals surface area contributed by atoms with Crippen LogP contribution in [0.25, 0.3) is 0 Å². The SMILES string of the molecule is Cc1cc(NCC(C)(C)c2ccccc2)ncc1[N+](=O)[O-]. The Balaban J connectivity index is 2.09. The smallest absolute Gasteiger partial charge is 0.290 e. The number of aryl methyl sites for hydroxylation is 1. The number of benzene rings is 1. The van der Waals surface area contributed by atoms with Gasteiger partial charge in [0.25, 0.3) is 5.69 Å². The van der Waals surface area contributed by atoms with E-state index in [9.17, 15) is 10.1 Å². The Bertz CT molecular complexity index is 639. The van der Waals surface area contributed by atoms with Crippen LogP contribution in [-0.2, 0) is 5.41 Å². The number of hydrogen-bond donors (Lipinski definition) is 1. The highest BCUT2D eigenvalue weighted by Gasteiger charge is 2.20. The molecule has 0 aliphatic rings. The Hall–Kier alpha value is -2.43. The highest BCUT2D eigenvalue weighted by Crippen LogP contribution is 2.24. The molecular formula is C16H19N3O2. The predicted octanol–water partition coefficient (Wildman–Crippen LogP) is 3.69. The zero-order valence-corrected chi connectivity index (χ0v) is 12.5. The Kier molecular flexibility index (Phi) is 4.21. The molecule has 0 fully saturated rings. The monoisotopic (exact) mass is 285 g/mol. The van der Waals surface area contributed by atoms with Gasteiger partial charge in [-0.25, -0.2) is 4.98 Å². The third-order valence-corrected chi connectivity index (χ3v) is 3.55. The highest BCUT2D eigenvalue weighted by molar-refractivity contribution is 5.47. The lowest BCUT2D eigenvalue weighted by Gasteiger charge is -2.26. The van der Waals surface area contributed by atoms with E-state index in [2.05, 4.69) is 36.3 Å². The van der Waals surface area contributed by atoms with E-state index >= 15 is 0 Å². The fourth-order valence-corrected chi connectivity index (χ4v) is 2.14. The van der Waals surface area contributed by atoms with Gasteiger partial charge in [-0.15, -0.1) is 0 Å². The molecule has 5 nitrogen and oxygen atoms in total. The van der Waals surface area contributed by atoms with E-state index < -0.39 is 4.92 Å². The molecule has 0 aliphatic heterocycles. The summed E-state index contributed by atoms with van der Waals surface area (Å²) < 4.78 is 0. The summed E-state index contributed by atoms with van der Waals surface area (Å²) in [5, 5.41) is 14.0. The molecule has 110 valence electrons. The maximum Gasteiger partial charge on any atom is 0.290 e. The molecule has 0 spiro atoms. The van der Waals surface area contributed by atoms with Crippen molar-refractivity contribution in [2.24, 2.45) is 0 Å². The first kappa shape index (κ1) is 15.0. The summed E-state index contributed by atoms with van der Waals surface area (Å²) in [6, 6.07) is 11.9. The molecule has 0 radical (unpaired) electrons. The van der Waals surface area contributed by atoms with Crippen molar-refractivity contribution < 1.29 is 4.92 Å². The minimum Gasteiger partial charge on any atom is -0.369 e. The number of anilines is 1. The minimum absolute atomic E-state index is 0.0443. The van der Waals surface area contributed by atoms with Gasteiger partial charge in [-0.3, -0.25) is 10.1 Å². The second kappa shape index (κ2) is 5.91. The first-order valence-electron chi connectivity index (χ1n) is 6.80. The topological polar surface area (TPSA) is 68.1 Å². The first-order valence-corrected chi connectivity index (χ1v) is 6.80. The average molecular weight is 285 g/mol. The molecule has 21 heavy (non-hydrogen) atoms. The van der Waals surface area contributed by atoms with E-state index in [-0.39, 0.29) is 11.1 Å². The lowest BCUT2D eigenvalue weighted by molar-refractivity contribution is -0.385. The number of nitrogens with zero attached hydrogens (tertiary/aromatic N) is 2. The second-order valence-electron chi connectivity index (χ2n) is 5.72. The molecule has 0 unspecified atom stereocenters. The van der Waals surface area contributed by atoms with Crippen molar-refractivity contribution in [2.75, 3.05) is 11.9 Å². The maximum atomic E-state index is 10.8. The third-order valence-electron chi connectivity index (χ3n) is 3.55. The number of pyridine rings is 1. The van der Waals surface area contributed by atoms with Crippen LogP contribution in [0, 0.1) is 17.0 Å². The fraction of sp³-hybridized carbons (Fsp3) is 0.312. The number of hydrogen-bond acceptors (Lipinski definition) is 4. The van der Waals surface area contributed by atoms with E-state index in [4.69, 9.17) is 0 Å². The van der Waals surface area contributed by atoms with Crippen LogP contribution in [0.5, 0.6) is 0 Å². The summed E-state index contributed by atoms with van der Waals surface area (Å²) >= 11 is 0. The van der Waals surface area contributed by atoms with Crippen molar-refractivity contribution in [1.29, 1.82) is 0 Å². The maximum absolute atomic E-state index is 10.8. The molecule has 1 N–H and O–H groups in total. The van der Waals surface area contributed by atoms with Gasteiger partial charge in [0.05, 0.1) is 4.92 Å². The standard InChI is InChI=1S/C16H19N3O2/c1-12-9-15(17-10-14(12)19(20)21)18-11-16(2,3)13-7-5-4-6-8-13/h4-10H,11H2,1-3H3,(H,17,18). The number of nitro groups is 1. The zero-order valence-electron chi connectivity index (χ0n) is 12.5. The molecule has 0 aliphatic carbocycles. The zero-order chi connectivity index (χ0) is 15.5. The van der Waals surface area contributed by atoms with E-state index in [1.165, 1.54) is 11.8 Å². The summed E-state index contributed by atoms with van der Waals surface area (Å²) in [7, 11) is 0. The normalized spacial score (nSPS) is 11.2. The van der Waals surface area contributed by atoms with Gasteiger partial charge >= 0.3 is 0 Å². The molecular weight excluding hydrogens is 266 g/mol. The minimum atomic E-state index is -0.417. The Morgan fingerprint density at radius 2 is 1.95 bits per heavy atom. The van der Waals surface area contributed by atoms with Crippen LogP contribution in [0.1, 0.15) is 25.0 Å². The van der Waals surface area contributed by atoms with E-state index in [0.717, 1.165) is 0 Å². The van der Waals surface area contributed by atoms with Crippen LogP contribution in [0.3, 0.4) is 0 Å². The second-order valence-corrected chi connectivity index (χ2v) is 5.72. The lowest BCUT2D eigenvalue weighted by atomic mass is 9.84. The summed E-state index contributed by atoms with van der Waals surface area (Å²) in [6.07, 6.45) is 1.30. The van der Waals surface area contributed by atoms with Crippen molar-refractivity contribution in [2.45, 2.75) is 26.2 Å². The average Bonchev–Trinajstić information content (AvgIpc) is 2.46. The largest absolute Gasteiger partial charge is 0.369 e. The molecule has 2 rings (SSSR count). The summed E-state index contributed by atoms with van der Waals surface area (Å²) in [6.45, 7) is 6.70. The van der Waals surface area contributed by atoms with Crippen LogP contribution >= 0.6 is 0 Å². The van der Waals surface area contributed by atoms with E-state index in [1.807, 2.05) is 18.2 Å². The van der Waals surface area contributed by atoms with Gasteiger partial charge in [0, 0.05) is 17.5 Å². The van der Waals surface area contributed by atoms with Crippen LogP contribution in [0.15, 0.2) is 42.6 Å². The number of nitrogens with one attached hydrogen (secondary N) is 1. The molecule has 0 amide bonds. The molecule has 5 heteroatoms. The molecule has 1 aromatic heterocycles. The molecule has 2 aromatic rings. The summed E-state index contributed by atoms with van der Waals surface area (Å²) in [5.74, 6) is 0.655. The Morgan fingerprint density at radius 3 is 2.52 bits per heavy atom. The van der Waals surface area contributed by atoms with Crippen molar-refractivity contribution in [3.8, 4) is 0 Å². The van der Waals surface area contributed by atoms with Crippen molar-refractivity contribution in [1.82, 2.24) is 4.98 Å². The quantitative estimate of drug-likeness (QED) is 0.672. The highest BCUT2D eigenvalue weighted by atomic mass is 16.6. The van der Waals surface area contributed by atoms with Gasteiger partial charge in [-0.1, -0.05) is 44.2 Å². The van der Waals surface area contributed by atoms with Gasteiger partial charge < -0.3 is 5.32 Å². The van der Waals surface area contributed by atoms with Crippen LogP contribution in [0.4, 0.5) is 11.5 Å². The molecule has 1 aromatic carbocycles. The van der Waals surface area contributed by atoms with E-state index in [0.29, 0.717) is 17.9 Å². The third kappa shape index (κ3) is 3.56. The first-order chi connectivity index (χ1) is 9.90. The number of aromatic nitrogens is 1.